The van der Waals surface area contributed by atoms with Crippen molar-refractivity contribution in [2.24, 2.45) is 11.8 Å². The Morgan fingerprint density at radius 2 is 2.31 bits per heavy atom. The number of hydrogen-bond acceptors (Lipinski definition) is 2. The van der Waals surface area contributed by atoms with Crippen LogP contribution < -0.4 is 0 Å². The molecule has 2 nitrogen and oxygen atoms in total. The van der Waals surface area contributed by atoms with Crippen molar-refractivity contribution in [1.29, 1.82) is 0 Å². The average Bonchev–Trinajstić information content (AvgIpc) is 2.51. The number of Topliss-reactive ketones (excluding diaryl/α,β-unsaturated/α-hetero) is 1. The van der Waals surface area contributed by atoms with Gasteiger partial charge in [-0.15, -0.1) is 0 Å². The summed E-state index contributed by atoms with van der Waals surface area (Å²) in [6.45, 7) is 6.95. The second kappa shape index (κ2) is 4.75. The third-order valence-electron chi connectivity index (χ3n) is 2.90. The number of rotatable bonds is 4. The molecule has 0 amide bonds. The van der Waals surface area contributed by atoms with Crippen LogP contribution in [-0.4, -0.2) is 18.5 Å². The molecule has 0 radical (unpaired) electrons. The minimum atomic E-state index is 0.184. The third-order valence-corrected chi connectivity index (χ3v) is 2.90. The number of carbonyl (C=O) groups excluding carboxylic acids is 1. The van der Waals surface area contributed by atoms with Gasteiger partial charge in [-0.25, -0.2) is 0 Å². The highest BCUT2D eigenvalue weighted by Crippen LogP contribution is 2.23. The molecule has 2 heteroatoms. The monoisotopic (exact) mass is 184 g/mol. The Morgan fingerprint density at radius 3 is 2.77 bits per heavy atom. The van der Waals surface area contributed by atoms with Crippen LogP contribution in [-0.2, 0) is 9.53 Å². The minimum Gasteiger partial charge on any atom is -0.378 e. The quantitative estimate of drug-likeness (QED) is 0.670. The minimum absolute atomic E-state index is 0.184. The summed E-state index contributed by atoms with van der Waals surface area (Å²) in [5.41, 5.74) is 0. The molecular formula is C11H20O2. The molecule has 0 aromatic heterocycles. The maximum absolute atomic E-state index is 11.7. The van der Waals surface area contributed by atoms with Crippen LogP contribution in [0, 0.1) is 11.8 Å². The van der Waals surface area contributed by atoms with Gasteiger partial charge in [-0.2, -0.15) is 0 Å². The lowest BCUT2D eigenvalue weighted by atomic mass is 9.92. The fourth-order valence-electron chi connectivity index (χ4n) is 1.70. The molecule has 1 fully saturated rings. The van der Waals surface area contributed by atoms with Crippen molar-refractivity contribution < 1.29 is 9.53 Å². The fourth-order valence-corrected chi connectivity index (χ4v) is 1.70. The van der Waals surface area contributed by atoms with Crippen molar-refractivity contribution in [2.45, 2.75) is 46.1 Å². The molecule has 3 atom stereocenters. The van der Waals surface area contributed by atoms with E-state index >= 15 is 0 Å². The normalized spacial score (nSPS) is 30.4. The van der Waals surface area contributed by atoms with Crippen LogP contribution in [0.5, 0.6) is 0 Å². The Balaban J connectivity index is 2.31. The van der Waals surface area contributed by atoms with Gasteiger partial charge in [-0.1, -0.05) is 20.3 Å². The first-order chi connectivity index (χ1) is 6.13. The summed E-state index contributed by atoms with van der Waals surface area (Å²) in [5, 5.41) is 0. The van der Waals surface area contributed by atoms with E-state index in [0.29, 0.717) is 18.3 Å². The summed E-state index contributed by atoms with van der Waals surface area (Å²) in [6, 6.07) is 0. The second-order valence-electron chi connectivity index (χ2n) is 4.26. The van der Waals surface area contributed by atoms with E-state index in [0.717, 1.165) is 19.3 Å². The zero-order chi connectivity index (χ0) is 9.84. The van der Waals surface area contributed by atoms with Gasteiger partial charge in [0.15, 0.2) is 0 Å². The topological polar surface area (TPSA) is 26.3 Å². The molecule has 1 heterocycles. The first kappa shape index (κ1) is 10.7. The summed E-state index contributed by atoms with van der Waals surface area (Å²) >= 11 is 0. The summed E-state index contributed by atoms with van der Waals surface area (Å²) in [4.78, 5) is 11.7. The van der Waals surface area contributed by atoms with Gasteiger partial charge in [0.05, 0.1) is 12.7 Å². The molecule has 0 bridgehead atoms. The van der Waals surface area contributed by atoms with Gasteiger partial charge in [-0.3, -0.25) is 4.79 Å². The molecule has 0 aromatic carbocycles. The van der Waals surface area contributed by atoms with Crippen molar-refractivity contribution in [1.82, 2.24) is 0 Å². The second-order valence-corrected chi connectivity index (χ2v) is 4.26. The van der Waals surface area contributed by atoms with Crippen LogP contribution in [0.2, 0.25) is 0 Å². The predicted octanol–water partition coefficient (Wildman–Crippen LogP) is 2.42. The van der Waals surface area contributed by atoms with Crippen molar-refractivity contribution >= 4 is 5.78 Å². The molecule has 0 N–H and O–H groups in total. The summed E-state index contributed by atoms with van der Waals surface area (Å²) in [5.74, 6) is 1.12. The highest BCUT2D eigenvalue weighted by atomic mass is 16.5. The predicted molar refractivity (Wildman–Crippen MR) is 52.6 cm³/mol. The summed E-state index contributed by atoms with van der Waals surface area (Å²) < 4.78 is 5.38. The van der Waals surface area contributed by atoms with E-state index in [2.05, 4.69) is 13.8 Å². The molecule has 0 aromatic rings. The van der Waals surface area contributed by atoms with Crippen LogP contribution in [0.25, 0.3) is 0 Å². The molecule has 1 saturated heterocycles. The van der Waals surface area contributed by atoms with E-state index in [1.54, 1.807) is 0 Å². The van der Waals surface area contributed by atoms with Gasteiger partial charge in [0, 0.05) is 12.3 Å². The van der Waals surface area contributed by atoms with Gasteiger partial charge in [0.1, 0.15) is 5.78 Å². The highest BCUT2D eigenvalue weighted by molar-refractivity contribution is 5.81. The number of carbonyl (C=O) groups is 1. The number of hydrogen-bond donors (Lipinski definition) is 0. The number of ketones is 1. The molecule has 1 aliphatic rings. The van der Waals surface area contributed by atoms with Gasteiger partial charge in [0.25, 0.3) is 0 Å². The highest BCUT2D eigenvalue weighted by Gasteiger charge is 2.28. The van der Waals surface area contributed by atoms with Crippen LogP contribution >= 0.6 is 0 Å². The van der Waals surface area contributed by atoms with Crippen molar-refractivity contribution in [3.05, 3.63) is 0 Å². The van der Waals surface area contributed by atoms with Gasteiger partial charge in [-0.05, 0) is 19.3 Å². The lowest BCUT2D eigenvalue weighted by Gasteiger charge is -2.10. The van der Waals surface area contributed by atoms with Gasteiger partial charge in [0.2, 0.25) is 0 Å². The molecule has 13 heavy (non-hydrogen) atoms. The molecule has 76 valence electrons. The van der Waals surface area contributed by atoms with E-state index in [1.165, 1.54) is 0 Å². The molecule has 0 saturated carbocycles. The zero-order valence-electron chi connectivity index (χ0n) is 8.88. The Labute approximate surface area is 80.7 Å². The zero-order valence-corrected chi connectivity index (χ0v) is 8.88. The lowest BCUT2D eigenvalue weighted by Crippen LogP contribution is -2.17. The maximum atomic E-state index is 11.7. The molecule has 0 aliphatic carbocycles. The maximum Gasteiger partial charge on any atom is 0.138 e. The van der Waals surface area contributed by atoms with Crippen LogP contribution in [0.15, 0.2) is 0 Å². The van der Waals surface area contributed by atoms with E-state index in [1.807, 2.05) is 6.92 Å². The Bertz CT molecular complexity index is 177. The van der Waals surface area contributed by atoms with E-state index in [9.17, 15) is 4.79 Å². The largest absolute Gasteiger partial charge is 0.378 e. The molecule has 1 rings (SSSR count). The van der Waals surface area contributed by atoms with Crippen molar-refractivity contribution in [3.63, 3.8) is 0 Å². The van der Waals surface area contributed by atoms with Crippen LogP contribution in [0.1, 0.15) is 40.0 Å². The van der Waals surface area contributed by atoms with Crippen LogP contribution in [0.3, 0.4) is 0 Å². The summed E-state index contributed by atoms with van der Waals surface area (Å²) in [7, 11) is 0. The molecule has 3 unspecified atom stereocenters. The molecule has 1 aliphatic heterocycles. The van der Waals surface area contributed by atoms with Crippen LogP contribution in [0.4, 0.5) is 0 Å². The van der Waals surface area contributed by atoms with E-state index in [-0.39, 0.29) is 12.0 Å². The Hall–Kier alpha value is -0.370. The van der Waals surface area contributed by atoms with Crippen molar-refractivity contribution in [2.75, 3.05) is 6.61 Å². The average molecular weight is 184 g/mol. The fraction of sp³-hybridized carbons (Fsp3) is 0.909. The molecule has 0 spiro atoms. The SMILES string of the molecule is CCC(C)CC(=O)C1COC(C)C1. The van der Waals surface area contributed by atoms with E-state index in [4.69, 9.17) is 4.74 Å². The lowest BCUT2D eigenvalue weighted by molar-refractivity contribution is -0.123. The third kappa shape index (κ3) is 3.11. The van der Waals surface area contributed by atoms with Crippen molar-refractivity contribution in [3.8, 4) is 0 Å². The van der Waals surface area contributed by atoms with Gasteiger partial charge >= 0.3 is 0 Å². The van der Waals surface area contributed by atoms with Gasteiger partial charge < -0.3 is 4.74 Å². The number of ether oxygens (including phenoxy) is 1. The Kier molecular flexibility index (Phi) is 3.91. The first-order valence-electron chi connectivity index (χ1n) is 5.27. The Morgan fingerprint density at radius 1 is 1.62 bits per heavy atom. The molecular weight excluding hydrogens is 164 g/mol. The smallest absolute Gasteiger partial charge is 0.138 e. The van der Waals surface area contributed by atoms with E-state index < -0.39 is 0 Å². The summed E-state index contributed by atoms with van der Waals surface area (Å²) in [6.07, 6.45) is 3.03. The first-order valence-corrected chi connectivity index (χ1v) is 5.27. The standard InChI is InChI=1S/C11H20O2/c1-4-8(2)5-11(12)10-6-9(3)13-7-10/h8-10H,4-7H2,1-3H3.